The maximum Gasteiger partial charge on any atom is 0.115 e. The summed E-state index contributed by atoms with van der Waals surface area (Å²) in [5.41, 5.74) is 2.30. The number of piperazine rings is 1. The van der Waals surface area contributed by atoms with Crippen molar-refractivity contribution in [3.05, 3.63) is 23.8 Å². The third-order valence-corrected chi connectivity index (χ3v) is 2.70. The SMILES string of the molecule is Cc1ncncc1C1CN(C)CCN1. The summed E-state index contributed by atoms with van der Waals surface area (Å²) in [7, 11) is 2.15. The Balaban J connectivity index is 2.18. The van der Waals surface area contributed by atoms with Crippen LogP contribution in [0.4, 0.5) is 0 Å². The van der Waals surface area contributed by atoms with E-state index in [1.54, 1.807) is 6.33 Å². The molecule has 0 bridgehead atoms. The Morgan fingerprint density at radius 2 is 2.43 bits per heavy atom. The van der Waals surface area contributed by atoms with Gasteiger partial charge in [0.2, 0.25) is 0 Å². The molecular weight excluding hydrogens is 176 g/mol. The van der Waals surface area contributed by atoms with Gasteiger partial charge in [0.1, 0.15) is 6.33 Å². The fraction of sp³-hybridized carbons (Fsp3) is 0.600. The highest BCUT2D eigenvalue weighted by Crippen LogP contribution is 2.17. The van der Waals surface area contributed by atoms with Gasteiger partial charge in [0.15, 0.2) is 0 Å². The monoisotopic (exact) mass is 192 g/mol. The van der Waals surface area contributed by atoms with Crippen molar-refractivity contribution in [2.24, 2.45) is 0 Å². The predicted molar refractivity (Wildman–Crippen MR) is 55.0 cm³/mol. The van der Waals surface area contributed by atoms with E-state index in [-0.39, 0.29) is 0 Å². The normalized spacial score (nSPS) is 23.7. The summed E-state index contributed by atoms with van der Waals surface area (Å²) >= 11 is 0. The topological polar surface area (TPSA) is 41.1 Å². The van der Waals surface area contributed by atoms with Crippen LogP contribution in [0.15, 0.2) is 12.5 Å². The second-order valence-electron chi connectivity index (χ2n) is 3.83. The third-order valence-electron chi connectivity index (χ3n) is 2.70. The molecule has 2 rings (SSSR count). The van der Waals surface area contributed by atoms with E-state index in [4.69, 9.17) is 0 Å². The Hall–Kier alpha value is -1.00. The molecule has 1 aromatic heterocycles. The minimum absolute atomic E-state index is 0.384. The summed E-state index contributed by atoms with van der Waals surface area (Å²) in [6, 6.07) is 0.384. The van der Waals surface area contributed by atoms with Crippen molar-refractivity contribution in [1.82, 2.24) is 20.2 Å². The number of hydrogen-bond acceptors (Lipinski definition) is 4. The molecular formula is C10H16N4. The van der Waals surface area contributed by atoms with Gasteiger partial charge in [-0.15, -0.1) is 0 Å². The first-order chi connectivity index (χ1) is 6.77. The van der Waals surface area contributed by atoms with Gasteiger partial charge in [-0.05, 0) is 14.0 Å². The van der Waals surface area contributed by atoms with Crippen LogP contribution in [0, 0.1) is 6.92 Å². The van der Waals surface area contributed by atoms with Gasteiger partial charge in [-0.1, -0.05) is 0 Å². The number of hydrogen-bond donors (Lipinski definition) is 1. The molecule has 2 heterocycles. The number of likely N-dealkylation sites (N-methyl/N-ethyl adjacent to an activating group) is 1. The zero-order chi connectivity index (χ0) is 9.97. The fourth-order valence-corrected chi connectivity index (χ4v) is 1.85. The Labute approximate surface area is 84.4 Å². The van der Waals surface area contributed by atoms with E-state index < -0.39 is 0 Å². The van der Waals surface area contributed by atoms with Gasteiger partial charge in [-0.2, -0.15) is 0 Å². The van der Waals surface area contributed by atoms with Gasteiger partial charge >= 0.3 is 0 Å². The molecule has 1 N–H and O–H groups in total. The number of nitrogens with zero attached hydrogens (tertiary/aromatic N) is 3. The first-order valence-electron chi connectivity index (χ1n) is 4.96. The van der Waals surface area contributed by atoms with Gasteiger partial charge in [-0.25, -0.2) is 9.97 Å². The summed E-state index contributed by atoms with van der Waals surface area (Å²) < 4.78 is 0. The van der Waals surface area contributed by atoms with Crippen LogP contribution in [0.2, 0.25) is 0 Å². The fourth-order valence-electron chi connectivity index (χ4n) is 1.85. The van der Waals surface area contributed by atoms with Crippen LogP contribution in [0.25, 0.3) is 0 Å². The lowest BCUT2D eigenvalue weighted by atomic mass is 10.1. The first-order valence-corrected chi connectivity index (χ1v) is 4.96. The van der Waals surface area contributed by atoms with Crippen molar-refractivity contribution < 1.29 is 0 Å². The van der Waals surface area contributed by atoms with E-state index >= 15 is 0 Å². The van der Waals surface area contributed by atoms with E-state index in [2.05, 4.69) is 27.2 Å². The quantitative estimate of drug-likeness (QED) is 0.697. The van der Waals surface area contributed by atoms with E-state index in [0.717, 1.165) is 25.3 Å². The molecule has 1 aromatic rings. The Morgan fingerprint density at radius 1 is 1.57 bits per heavy atom. The first kappa shape index (κ1) is 9.55. The lowest BCUT2D eigenvalue weighted by Crippen LogP contribution is -2.44. The third kappa shape index (κ3) is 1.91. The van der Waals surface area contributed by atoms with Gasteiger partial charge in [0, 0.05) is 43.1 Å². The molecule has 0 aliphatic carbocycles. The van der Waals surface area contributed by atoms with E-state index in [1.165, 1.54) is 5.56 Å². The Bertz CT molecular complexity index is 313. The molecule has 0 spiro atoms. The largest absolute Gasteiger partial charge is 0.307 e. The molecule has 4 heteroatoms. The average molecular weight is 192 g/mol. The van der Waals surface area contributed by atoms with Gasteiger partial charge < -0.3 is 10.2 Å². The van der Waals surface area contributed by atoms with Crippen LogP contribution < -0.4 is 5.32 Å². The van der Waals surface area contributed by atoms with Crippen LogP contribution in [0.5, 0.6) is 0 Å². The molecule has 0 amide bonds. The highest BCUT2D eigenvalue weighted by molar-refractivity contribution is 5.19. The minimum atomic E-state index is 0.384. The lowest BCUT2D eigenvalue weighted by molar-refractivity contribution is 0.240. The molecule has 1 atom stereocenters. The lowest BCUT2D eigenvalue weighted by Gasteiger charge is -2.31. The Kier molecular flexibility index (Phi) is 2.74. The predicted octanol–water partition coefficient (Wildman–Crippen LogP) is 0.361. The van der Waals surface area contributed by atoms with Crippen LogP contribution in [-0.4, -0.2) is 41.5 Å². The van der Waals surface area contributed by atoms with Gasteiger partial charge in [0.25, 0.3) is 0 Å². The van der Waals surface area contributed by atoms with Crippen molar-refractivity contribution >= 4 is 0 Å². The van der Waals surface area contributed by atoms with Crippen molar-refractivity contribution in [2.45, 2.75) is 13.0 Å². The maximum atomic E-state index is 4.21. The van der Waals surface area contributed by atoms with Crippen LogP contribution in [-0.2, 0) is 0 Å². The summed E-state index contributed by atoms with van der Waals surface area (Å²) in [6.45, 7) is 5.22. The van der Waals surface area contributed by atoms with Gasteiger partial charge in [0.05, 0.1) is 0 Å². The Morgan fingerprint density at radius 3 is 3.14 bits per heavy atom. The smallest absolute Gasteiger partial charge is 0.115 e. The standard InChI is InChI=1S/C10H16N4/c1-8-9(5-11-7-13-8)10-6-14(2)4-3-12-10/h5,7,10,12H,3-4,6H2,1-2H3. The molecule has 1 unspecified atom stereocenters. The molecule has 0 radical (unpaired) electrons. The molecule has 1 fully saturated rings. The second-order valence-corrected chi connectivity index (χ2v) is 3.83. The summed E-state index contributed by atoms with van der Waals surface area (Å²) in [6.07, 6.45) is 3.52. The van der Waals surface area contributed by atoms with E-state index in [1.807, 2.05) is 13.1 Å². The zero-order valence-electron chi connectivity index (χ0n) is 8.70. The molecule has 0 aromatic carbocycles. The highest BCUT2D eigenvalue weighted by atomic mass is 15.2. The summed E-state index contributed by atoms with van der Waals surface area (Å²) in [5, 5.41) is 3.48. The molecule has 0 saturated carbocycles. The van der Waals surface area contributed by atoms with Crippen LogP contribution >= 0.6 is 0 Å². The average Bonchev–Trinajstić information content (AvgIpc) is 2.18. The van der Waals surface area contributed by atoms with E-state index in [9.17, 15) is 0 Å². The number of aryl methyl sites for hydroxylation is 1. The van der Waals surface area contributed by atoms with E-state index in [0.29, 0.717) is 6.04 Å². The molecule has 1 aliphatic rings. The van der Waals surface area contributed by atoms with Crippen molar-refractivity contribution in [3.63, 3.8) is 0 Å². The van der Waals surface area contributed by atoms with Crippen molar-refractivity contribution in [3.8, 4) is 0 Å². The highest BCUT2D eigenvalue weighted by Gasteiger charge is 2.19. The number of aromatic nitrogens is 2. The molecule has 1 saturated heterocycles. The van der Waals surface area contributed by atoms with Gasteiger partial charge in [-0.3, -0.25) is 0 Å². The molecule has 4 nitrogen and oxygen atoms in total. The second kappa shape index (κ2) is 4.02. The zero-order valence-corrected chi connectivity index (χ0v) is 8.70. The van der Waals surface area contributed by atoms with Crippen molar-refractivity contribution in [2.75, 3.05) is 26.7 Å². The molecule has 76 valence electrons. The molecule has 1 aliphatic heterocycles. The summed E-state index contributed by atoms with van der Waals surface area (Å²) in [5.74, 6) is 0. The number of nitrogens with one attached hydrogen (secondary N) is 1. The van der Waals surface area contributed by atoms with Crippen LogP contribution in [0.1, 0.15) is 17.3 Å². The van der Waals surface area contributed by atoms with Crippen LogP contribution in [0.3, 0.4) is 0 Å². The molecule has 14 heavy (non-hydrogen) atoms. The summed E-state index contributed by atoms with van der Waals surface area (Å²) in [4.78, 5) is 10.6. The van der Waals surface area contributed by atoms with Crippen molar-refractivity contribution in [1.29, 1.82) is 0 Å². The number of rotatable bonds is 1. The minimum Gasteiger partial charge on any atom is -0.307 e. The maximum absolute atomic E-state index is 4.21.